The van der Waals surface area contributed by atoms with Crippen molar-refractivity contribution in [2.75, 3.05) is 4.90 Å². The SMILES string of the molecule is Cc1ccc(N2C(=O)C(NC3CCCCC3)=C(Sc3ccccc3)C2=O)cc1. The van der Waals surface area contributed by atoms with Gasteiger partial charge in [-0.15, -0.1) is 0 Å². The molecule has 1 aliphatic carbocycles. The summed E-state index contributed by atoms with van der Waals surface area (Å²) < 4.78 is 0. The minimum absolute atomic E-state index is 0.249. The van der Waals surface area contributed by atoms with Gasteiger partial charge in [-0.25, -0.2) is 4.90 Å². The predicted octanol–water partition coefficient (Wildman–Crippen LogP) is 4.79. The molecule has 0 unspecified atom stereocenters. The van der Waals surface area contributed by atoms with E-state index in [0.717, 1.165) is 36.1 Å². The minimum atomic E-state index is -0.252. The van der Waals surface area contributed by atoms with E-state index in [1.807, 2.05) is 61.5 Å². The van der Waals surface area contributed by atoms with Crippen molar-refractivity contribution in [1.82, 2.24) is 5.32 Å². The summed E-state index contributed by atoms with van der Waals surface area (Å²) in [6, 6.07) is 17.5. The molecule has 2 aromatic carbocycles. The molecular formula is C23H24N2O2S. The molecule has 144 valence electrons. The molecule has 1 aliphatic heterocycles. The molecule has 2 aliphatic rings. The van der Waals surface area contributed by atoms with E-state index in [0.29, 0.717) is 16.3 Å². The highest BCUT2D eigenvalue weighted by molar-refractivity contribution is 8.04. The molecule has 0 saturated heterocycles. The van der Waals surface area contributed by atoms with Crippen molar-refractivity contribution >= 4 is 29.3 Å². The Balaban J connectivity index is 1.67. The first-order valence-electron chi connectivity index (χ1n) is 9.82. The zero-order valence-electron chi connectivity index (χ0n) is 16.0. The van der Waals surface area contributed by atoms with E-state index >= 15 is 0 Å². The van der Waals surface area contributed by atoms with Crippen LogP contribution in [0.15, 0.2) is 70.1 Å². The first-order chi connectivity index (χ1) is 13.6. The third-order valence-corrected chi connectivity index (χ3v) is 6.34. The molecule has 1 N–H and O–H groups in total. The van der Waals surface area contributed by atoms with Crippen molar-refractivity contribution in [3.63, 3.8) is 0 Å². The van der Waals surface area contributed by atoms with Crippen LogP contribution < -0.4 is 10.2 Å². The van der Waals surface area contributed by atoms with Crippen LogP contribution in [0.4, 0.5) is 5.69 Å². The Hall–Kier alpha value is -2.53. The zero-order valence-corrected chi connectivity index (χ0v) is 16.8. The quantitative estimate of drug-likeness (QED) is 0.743. The zero-order chi connectivity index (χ0) is 19.5. The van der Waals surface area contributed by atoms with Crippen molar-refractivity contribution in [2.24, 2.45) is 0 Å². The Morgan fingerprint density at radius 3 is 2.25 bits per heavy atom. The maximum absolute atomic E-state index is 13.2. The fraction of sp³-hybridized carbons (Fsp3) is 0.304. The lowest BCUT2D eigenvalue weighted by atomic mass is 9.95. The van der Waals surface area contributed by atoms with Crippen LogP contribution >= 0.6 is 11.8 Å². The molecule has 1 heterocycles. The van der Waals surface area contributed by atoms with Crippen molar-refractivity contribution < 1.29 is 9.59 Å². The Morgan fingerprint density at radius 1 is 0.893 bits per heavy atom. The fourth-order valence-corrected chi connectivity index (χ4v) is 4.67. The standard InChI is InChI=1S/C23H24N2O2S/c1-16-12-14-18(15-13-16)25-22(26)20(24-17-8-4-2-5-9-17)21(23(25)27)28-19-10-6-3-7-11-19/h3,6-7,10-15,17,24H,2,4-5,8-9H2,1H3. The number of imide groups is 1. The van der Waals surface area contributed by atoms with E-state index in [2.05, 4.69) is 5.32 Å². The highest BCUT2D eigenvalue weighted by atomic mass is 32.2. The van der Waals surface area contributed by atoms with E-state index in [1.54, 1.807) is 0 Å². The number of hydrogen-bond acceptors (Lipinski definition) is 4. The number of aryl methyl sites for hydroxylation is 1. The van der Waals surface area contributed by atoms with Crippen LogP contribution in [0.2, 0.25) is 0 Å². The van der Waals surface area contributed by atoms with E-state index in [-0.39, 0.29) is 17.9 Å². The van der Waals surface area contributed by atoms with Gasteiger partial charge in [0.25, 0.3) is 11.8 Å². The van der Waals surface area contributed by atoms with Crippen LogP contribution in [0.3, 0.4) is 0 Å². The summed E-state index contributed by atoms with van der Waals surface area (Å²) in [5.41, 5.74) is 2.16. The number of anilines is 1. The van der Waals surface area contributed by atoms with Gasteiger partial charge in [0.1, 0.15) is 10.6 Å². The normalized spacial score (nSPS) is 18.1. The second-order valence-electron chi connectivity index (χ2n) is 7.38. The average Bonchev–Trinajstić information content (AvgIpc) is 2.94. The second kappa shape index (κ2) is 8.23. The number of amides is 2. The summed E-state index contributed by atoms with van der Waals surface area (Å²) >= 11 is 1.37. The van der Waals surface area contributed by atoms with E-state index < -0.39 is 0 Å². The van der Waals surface area contributed by atoms with Crippen LogP contribution in [0, 0.1) is 6.92 Å². The number of nitrogens with zero attached hydrogens (tertiary/aromatic N) is 1. The van der Waals surface area contributed by atoms with Gasteiger partial charge in [-0.3, -0.25) is 9.59 Å². The molecule has 0 spiro atoms. The minimum Gasteiger partial charge on any atom is -0.377 e. The molecular weight excluding hydrogens is 368 g/mol. The number of nitrogens with one attached hydrogen (secondary N) is 1. The van der Waals surface area contributed by atoms with Crippen LogP contribution in [0.1, 0.15) is 37.7 Å². The van der Waals surface area contributed by atoms with Crippen molar-refractivity contribution in [3.8, 4) is 0 Å². The molecule has 4 nitrogen and oxygen atoms in total. The molecule has 0 aromatic heterocycles. The predicted molar refractivity (Wildman–Crippen MR) is 113 cm³/mol. The molecule has 1 fully saturated rings. The first kappa shape index (κ1) is 18.8. The van der Waals surface area contributed by atoms with Gasteiger partial charge in [0, 0.05) is 10.9 Å². The molecule has 4 rings (SSSR count). The van der Waals surface area contributed by atoms with Crippen LogP contribution in [-0.4, -0.2) is 17.9 Å². The first-order valence-corrected chi connectivity index (χ1v) is 10.6. The van der Waals surface area contributed by atoms with Gasteiger partial charge in [0.15, 0.2) is 0 Å². The molecule has 5 heteroatoms. The third-order valence-electron chi connectivity index (χ3n) is 5.25. The number of thioether (sulfide) groups is 1. The van der Waals surface area contributed by atoms with Gasteiger partial charge in [-0.2, -0.15) is 0 Å². The summed E-state index contributed by atoms with van der Waals surface area (Å²) in [6.07, 6.45) is 5.65. The Morgan fingerprint density at radius 2 is 1.57 bits per heavy atom. The lowest BCUT2D eigenvalue weighted by Crippen LogP contribution is -2.37. The summed E-state index contributed by atoms with van der Waals surface area (Å²) in [4.78, 5) is 29.2. The maximum Gasteiger partial charge on any atom is 0.282 e. The largest absolute Gasteiger partial charge is 0.377 e. The summed E-state index contributed by atoms with van der Waals surface area (Å²) in [5, 5.41) is 3.43. The topological polar surface area (TPSA) is 49.4 Å². The van der Waals surface area contributed by atoms with Gasteiger partial charge < -0.3 is 5.32 Å². The summed E-state index contributed by atoms with van der Waals surface area (Å²) in [7, 11) is 0. The molecule has 0 bridgehead atoms. The van der Waals surface area contributed by atoms with Crippen molar-refractivity contribution in [3.05, 3.63) is 70.8 Å². The number of benzene rings is 2. The molecule has 2 amide bonds. The molecule has 1 saturated carbocycles. The average molecular weight is 393 g/mol. The molecule has 0 atom stereocenters. The number of carbonyl (C=O) groups is 2. The van der Waals surface area contributed by atoms with E-state index in [1.165, 1.54) is 23.1 Å². The van der Waals surface area contributed by atoms with Gasteiger partial charge in [0.05, 0.1) is 5.69 Å². The summed E-state index contributed by atoms with van der Waals surface area (Å²) in [6.45, 7) is 1.99. The van der Waals surface area contributed by atoms with Crippen molar-refractivity contribution in [1.29, 1.82) is 0 Å². The third kappa shape index (κ3) is 3.85. The Kier molecular flexibility index (Phi) is 5.53. The van der Waals surface area contributed by atoms with E-state index in [4.69, 9.17) is 0 Å². The lowest BCUT2D eigenvalue weighted by Gasteiger charge is -2.24. The fourth-order valence-electron chi connectivity index (χ4n) is 3.72. The van der Waals surface area contributed by atoms with Gasteiger partial charge >= 0.3 is 0 Å². The summed E-state index contributed by atoms with van der Waals surface area (Å²) in [5.74, 6) is -0.501. The molecule has 0 radical (unpaired) electrons. The van der Waals surface area contributed by atoms with Gasteiger partial charge in [-0.05, 0) is 44.0 Å². The maximum atomic E-state index is 13.2. The highest BCUT2D eigenvalue weighted by Gasteiger charge is 2.40. The number of hydrogen-bond donors (Lipinski definition) is 1. The second-order valence-corrected chi connectivity index (χ2v) is 8.46. The molecule has 28 heavy (non-hydrogen) atoms. The smallest absolute Gasteiger partial charge is 0.282 e. The van der Waals surface area contributed by atoms with E-state index in [9.17, 15) is 9.59 Å². The monoisotopic (exact) mass is 392 g/mol. The number of carbonyl (C=O) groups excluding carboxylic acids is 2. The van der Waals surface area contributed by atoms with Gasteiger partial charge in [-0.1, -0.05) is 66.9 Å². The van der Waals surface area contributed by atoms with Gasteiger partial charge in [0.2, 0.25) is 0 Å². The van der Waals surface area contributed by atoms with Crippen LogP contribution in [0.5, 0.6) is 0 Å². The van der Waals surface area contributed by atoms with Crippen molar-refractivity contribution in [2.45, 2.75) is 50.0 Å². The lowest BCUT2D eigenvalue weighted by molar-refractivity contribution is -0.120. The van der Waals surface area contributed by atoms with Crippen LogP contribution in [0.25, 0.3) is 0 Å². The molecule has 2 aromatic rings. The Bertz CT molecular complexity index is 900. The Labute approximate surface area is 170 Å². The number of rotatable bonds is 5. The van der Waals surface area contributed by atoms with Crippen LogP contribution in [-0.2, 0) is 9.59 Å². The highest BCUT2D eigenvalue weighted by Crippen LogP contribution is 2.37.